The van der Waals surface area contributed by atoms with Gasteiger partial charge in [-0.25, -0.2) is 0 Å². The first-order valence-corrected chi connectivity index (χ1v) is 4.89. The van der Waals surface area contributed by atoms with E-state index in [1.807, 2.05) is 0 Å². The van der Waals surface area contributed by atoms with Gasteiger partial charge in [0.25, 0.3) is 0 Å². The number of carbonyl (C=O) groups is 1. The van der Waals surface area contributed by atoms with E-state index >= 15 is 0 Å². The highest BCUT2D eigenvalue weighted by Gasteiger charge is 2.70. The van der Waals surface area contributed by atoms with E-state index in [1.54, 1.807) is 13.8 Å². The molecule has 0 aromatic rings. The van der Waals surface area contributed by atoms with E-state index in [1.165, 1.54) is 6.92 Å². The molecule has 0 radical (unpaired) electrons. The van der Waals surface area contributed by atoms with Gasteiger partial charge >= 0.3 is 12.1 Å². The van der Waals surface area contributed by atoms with E-state index in [4.69, 9.17) is 0 Å². The van der Waals surface area contributed by atoms with Gasteiger partial charge in [0.2, 0.25) is 0 Å². The quantitative estimate of drug-likeness (QED) is 0.674. The molecule has 0 bridgehead atoms. The molecule has 0 aromatic heterocycles. The Kier molecular flexibility index (Phi) is 2.78. The van der Waals surface area contributed by atoms with E-state index in [0.29, 0.717) is 0 Å². The van der Waals surface area contributed by atoms with Crippen LogP contribution in [0.2, 0.25) is 0 Å². The van der Waals surface area contributed by atoms with Crippen LogP contribution in [0.1, 0.15) is 33.6 Å². The van der Waals surface area contributed by atoms with E-state index in [-0.39, 0.29) is 19.4 Å². The zero-order valence-electron chi connectivity index (χ0n) is 9.07. The average molecular weight is 224 g/mol. The molecule has 0 atom stereocenters. The minimum atomic E-state index is -4.51. The highest BCUT2D eigenvalue weighted by atomic mass is 19.4. The minimum absolute atomic E-state index is 0.0168. The molecule has 1 aliphatic carbocycles. The minimum Gasteiger partial charge on any atom is -0.465 e. The molecule has 15 heavy (non-hydrogen) atoms. The van der Waals surface area contributed by atoms with Crippen molar-refractivity contribution in [1.82, 2.24) is 0 Å². The smallest absolute Gasteiger partial charge is 0.404 e. The van der Waals surface area contributed by atoms with Crippen LogP contribution in [0.4, 0.5) is 13.2 Å². The van der Waals surface area contributed by atoms with Crippen molar-refractivity contribution < 1.29 is 22.7 Å². The molecule has 1 rings (SSSR count). The first kappa shape index (κ1) is 12.3. The Balaban J connectivity index is 2.87. The van der Waals surface area contributed by atoms with Gasteiger partial charge in [-0.15, -0.1) is 0 Å². The van der Waals surface area contributed by atoms with Crippen molar-refractivity contribution in [3.8, 4) is 0 Å². The molecular weight excluding hydrogens is 209 g/mol. The first-order valence-electron chi connectivity index (χ1n) is 4.89. The second-order valence-electron chi connectivity index (χ2n) is 4.82. The lowest BCUT2D eigenvalue weighted by molar-refractivity contribution is -0.277. The monoisotopic (exact) mass is 224 g/mol. The summed E-state index contributed by atoms with van der Waals surface area (Å²) in [7, 11) is 0. The van der Waals surface area contributed by atoms with Gasteiger partial charge < -0.3 is 4.74 Å². The van der Waals surface area contributed by atoms with Gasteiger partial charge in [0.1, 0.15) is 0 Å². The number of alkyl halides is 3. The van der Waals surface area contributed by atoms with Crippen LogP contribution < -0.4 is 0 Å². The summed E-state index contributed by atoms with van der Waals surface area (Å²) < 4.78 is 42.8. The molecule has 0 N–H and O–H groups in total. The third-order valence-corrected chi connectivity index (χ3v) is 2.77. The molecule has 1 saturated carbocycles. The second-order valence-corrected chi connectivity index (χ2v) is 4.82. The summed E-state index contributed by atoms with van der Waals surface area (Å²) in [6.07, 6.45) is -4.86. The molecule has 0 spiro atoms. The molecule has 88 valence electrons. The molecule has 0 unspecified atom stereocenters. The molecule has 0 aromatic carbocycles. The average Bonchev–Trinajstić information content (AvgIpc) is 1.97. The SMILES string of the molecule is CCOC(=O)C1(C(F)(F)F)CC(C)(C)C1. The molecule has 5 heteroatoms. The summed E-state index contributed by atoms with van der Waals surface area (Å²) in [6, 6.07) is 0. The predicted molar refractivity (Wildman–Crippen MR) is 48.1 cm³/mol. The molecule has 0 heterocycles. The fourth-order valence-corrected chi connectivity index (χ4v) is 2.31. The number of rotatable bonds is 2. The maximum atomic E-state index is 12.8. The number of hydrogen-bond donors (Lipinski definition) is 0. The van der Waals surface area contributed by atoms with Crippen molar-refractivity contribution in [2.24, 2.45) is 10.8 Å². The summed E-state index contributed by atoms with van der Waals surface area (Å²) >= 11 is 0. The predicted octanol–water partition coefficient (Wildman–Crippen LogP) is 2.92. The van der Waals surface area contributed by atoms with E-state index in [2.05, 4.69) is 4.74 Å². The molecule has 0 amide bonds. The first-order chi connectivity index (χ1) is 6.65. The van der Waals surface area contributed by atoms with Crippen LogP contribution in [-0.4, -0.2) is 18.8 Å². The third kappa shape index (κ3) is 1.96. The summed E-state index contributed by atoms with van der Waals surface area (Å²) in [4.78, 5) is 11.3. The van der Waals surface area contributed by atoms with Crippen molar-refractivity contribution in [3.63, 3.8) is 0 Å². The van der Waals surface area contributed by atoms with Crippen LogP contribution >= 0.6 is 0 Å². The topological polar surface area (TPSA) is 26.3 Å². The van der Waals surface area contributed by atoms with Gasteiger partial charge in [-0.3, -0.25) is 4.79 Å². The molecular formula is C10H15F3O2. The van der Waals surface area contributed by atoms with Crippen molar-refractivity contribution >= 4 is 5.97 Å². The van der Waals surface area contributed by atoms with Crippen LogP contribution in [0.3, 0.4) is 0 Å². The fourth-order valence-electron chi connectivity index (χ4n) is 2.31. The second kappa shape index (κ2) is 3.39. The zero-order chi connectivity index (χ0) is 11.9. The fraction of sp³-hybridized carbons (Fsp3) is 0.900. The van der Waals surface area contributed by atoms with E-state index < -0.39 is 23.0 Å². The van der Waals surface area contributed by atoms with Gasteiger partial charge in [-0.1, -0.05) is 13.8 Å². The van der Waals surface area contributed by atoms with Crippen molar-refractivity contribution in [2.75, 3.05) is 6.61 Å². The van der Waals surface area contributed by atoms with Crippen LogP contribution in [0.15, 0.2) is 0 Å². The lowest BCUT2D eigenvalue weighted by Gasteiger charge is -2.51. The summed E-state index contributed by atoms with van der Waals surface area (Å²) in [5.74, 6) is -1.13. The number of hydrogen-bond acceptors (Lipinski definition) is 2. The Hall–Kier alpha value is -0.740. The molecule has 1 aliphatic rings. The van der Waals surface area contributed by atoms with E-state index in [0.717, 1.165) is 0 Å². The van der Waals surface area contributed by atoms with Gasteiger partial charge in [0, 0.05) is 0 Å². The Morgan fingerprint density at radius 1 is 1.33 bits per heavy atom. The molecule has 1 fully saturated rings. The molecule has 0 aliphatic heterocycles. The van der Waals surface area contributed by atoms with Gasteiger partial charge in [0.15, 0.2) is 5.41 Å². The highest BCUT2D eigenvalue weighted by Crippen LogP contribution is 2.62. The lowest BCUT2D eigenvalue weighted by atomic mass is 9.54. The van der Waals surface area contributed by atoms with Crippen LogP contribution in [0, 0.1) is 10.8 Å². The zero-order valence-corrected chi connectivity index (χ0v) is 9.07. The summed E-state index contributed by atoms with van der Waals surface area (Å²) in [6.45, 7) is 4.93. The maximum absolute atomic E-state index is 12.8. The lowest BCUT2D eigenvalue weighted by Crippen LogP contribution is -2.58. The van der Waals surface area contributed by atoms with Crippen LogP contribution in [-0.2, 0) is 9.53 Å². The van der Waals surface area contributed by atoms with Gasteiger partial charge in [-0.05, 0) is 25.2 Å². The van der Waals surface area contributed by atoms with Crippen molar-refractivity contribution in [3.05, 3.63) is 0 Å². The Morgan fingerprint density at radius 3 is 2.07 bits per heavy atom. The normalized spacial score (nSPS) is 23.1. The van der Waals surface area contributed by atoms with Gasteiger partial charge in [0.05, 0.1) is 6.61 Å². The van der Waals surface area contributed by atoms with Gasteiger partial charge in [-0.2, -0.15) is 13.2 Å². The van der Waals surface area contributed by atoms with Crippen molar-refractivity contribution in [2.45, 2.75) is 39.8 Å². The Labute approximate surface area is 86.8 Å². The third-order valence-electron chi connectivity index (χ3n) is 2.77. The van der Waals surface area contributed by atoms with E-state index in [9.17, 15) is 18.0 Å². The number of halogens is 3. The highest BCUT2D eigenvalue weighted by molar-refractivity contribution is 5.79. The largest absolute Gasteiger partial charge is 0.465 e. The molecule has 0 saturated heterocycles. The number of carbonyl (C=O) groups excluding carboxylic acids is 1. The number of esters is 1. The number of ether oxygens (including phenoxy) is 1. The Morgan fingerprint density at radius 2 is 1.80 bits per heavy atom. The van der Waals surface area contributed by atoms with Crippen LogP contribution in [0.25, 0.3) is 0 Å². The summed E-state index contributed by atoms with van der Waals surface area (Å²) in [5.41, 5.74) is -2.69. The van der Waals surface area contributed by atoms with Crippen LogP contribution in [0.5, 0.6) is 0 Å². The standard InChI is InChI=1S/C10H15F3O2/c1-4-15-7(14)9(10(11,12)13)5-8(2,3)6-9/h4-6H2,1-3H3. The Bertz CT molecular complexity index is 260. The maximum Gasteiger partial charge on any atom is 0.404 e. The van der Waals surface area contributed by atoms with Crippen molar-refractivity contribution in [1.29, 1.82) is 0 Å². The summed E-state index contributed by atoms with van der Waals surface area (Å²) in [5, 5.41) is 0. The molecule has 2 nitrogen and oxygen atoms in total.